The topological polar surface area (TPSA) is 0 Å². The van der Waals surface area contributed by atoms with Gasteiger partial charge in [0.2, 0.25) is 0 Å². The summed E-state index contributed by atoms with van der Waals surface area (Å²) in [5, 5.41) is 2.55. The zero-order chi connectivity index (χ0) is 15.0. The van der Waals surface area contributed by atoms with Crippen LogP contribution in [0.1, 0.15) is 26.3 Å². The van der Waals surface area contributed by atoms with E-state index in [0.29, 0.717) is 0 Å². The summed E-state index contributed by atoms with van der Waals surface area (Å²) in [6.07, 6.45) is 0. The molecule has 0 fully saturated rings. The third-order valence-electron chi connectivity index (χ3n) is 3.93. The van der Waals surface area contributed by atoms with Gasteiger partial charge >= 0.3 is 0 Å². The van der Waals surface area contributed by atoms with E-state index in [1.54, 1.807) is 0 Å². The van der Waals surface area contributed by atoms with Crippen LogP contribution >= 0.6 is 15.9 Å². The van der Waals surface area contributed by atoms with Gasteiger partial charge in [0, 0.05) is 4.47 Å². The fourth-order valence-electron chi connectivity index (χ4n) is 2.66. The molecule has 0 aliphatic rings. The number of halogens is 1. The van der Waals surface area contributed by atoms with Crippen LogP contribution < -0.4 is 0 Å². The summed E-state index contributed by atoms with van der Waals surface area (Å²) in [4.78, 5) is 0. The van der Waals surface area contributed by atoms with Crippen LogP contribution in [0.5, 0.6) is 0 Å². The molecule has 0 aliphatic heterocycles. The number of fused-ring (bicyclic) bond motifs is 1. The molecule has 0 heterocycles. The normalized spacial score (nSPS) is 11.8. The van der Waals surface area contributed by atoms with Gasteiger partial charge in [-0.15, -0.1) is 0 Å². The lowest BCUT2D eigenvalue weighted by atomic mass is 9.86. The minimum Gasteiger partial charge on any atom is -0.0616 e. The molecular formula is C20H19Br. The second-order valence-electron chi connectivity index (χ2n) is 6.47. The molecule has 0 amide bonds. The largest absolute Gasteiger partial charge is 0.0616 e. The summed E-state index contributed by atoms with van der Waals surface area (Å²) in [6, 6.07) is 21.8. The van der Waals surface area contributed by atoms with Crippen LogP contribution in [0.3, 0.4) is 0 Å². The van der Waals surface area contributed by atoms with Crippen LogP contribution in [-0.4, -0.2) is 0 Å². The van der Waals surface area contributed by atoms with Crippen LogP contribution in [0, 0.1) is 0 Å². The van der Waals surface area contributed by atoms with Crippen molar-refractivity contribution in [2.45, 2.75) is 26.2 Å². The second kappa shape index (κ2) is 5.31. The van der Waals surface area contributed by atoms with Crippen LogP contribution in [0.2, 0.25) is 0 Å². The first-order valence-electron chi connectivity index (χ1n) is 7.25. The summed E-state index contributed by atoms with van der Waals surface area (Å²) in [5.74, 6) is 0. The van der Waals surface area contributed by atoms with Crippen molar-refractivity contribution in [2.75, 3.05) is 0 Å². The summed E-state index contributed by atoms with van der Waals surface area (Å²) < 4.78 is 1.15. The molecule has 0 saturated heterocycles. The summed E-state index contributed by atoms with van der Waals surface area (Å²) in [6.45, 7) is 6.74. The molecule has 0 spiro atoms. The van der Waals surface area contributed by atoms with Crippen molar-refractivity contribution in [3.63, 3.8) is 0 Å². The van der Waals surface area contributed by atoms with Crippen molar-refractivity contribution in [3.8, 4) is 11.1 Å². The van der Waals surface area contributed by atoms with Gasteiger partial charge in [-0.25, -0.2) is 0 Å². The Morgan fingerprint density at radius 1 is 0.714 bits per heavy atom. The van der Waals surface area contributed by atoms with Gasteiger partial charge < -0.3 is 0 Å². The molecule has 21 heavy (non-hydrogen) atoms. The van der Waals surface area contributed by atoms with Crippen molar-refractivity contribution in [2.24, 2.45) is 0 Å². The molecule has 0 aromatic heterocycles. The smallest absolute Gasteiger partial charge is 0.0254 e. The van der Waals surface area contributed by atoms with Crippen LogP contribution in [0.4, 0.5) is 0 Å². The highest BCUT2D eigenvalue weighted by atomic mass is 79.9. The van der Waals surface area contributed by atoms with Crippen molar-refractivity contribution in [3.05, 3.63) is 70.7 Å². The Kier molecular flexibility index (Phi) is 3.62. The predicted octanol–water partition coefficient (Wildman–Crippen LogP) is 6.57. The molecule has 0 nitrogen and oxygen atoms in total. The molecular weight excluding hydrogens is 320 g/mol. The molecule has 0 bridgehead atoms. The Labute approximate surface area is 134 Å². The molecule has 1 heteroatoms. The maximum Gasteiger partial charge on any atom is 0.0254 e. The molecule has 0 N–H and O–H groups in total. The van der Waals surface area contributed by atoms with E-state index in [1.807, 2.05) is 0 Å². The lowest BCUT2D eigenvalue weighted by Crippen LogP contribution is -2.10. The van der Waals surface area contributed by atoms with E-state index in [9.17, 15) is 0 Å². The number of benzene rings is 3. The van der Waals surface area contributed by atoms with Gasteiger partial charge in [0.15, 0.2) is 0 Å². The van der Waals surface area contributed by atoms with Gasteiger partial charge in [0.25, 0.3) is 0 Å². The number of hydrogen-bond acceptors (Lipinski definition) is 0. The van der Waals surface area contributed by atoms with Gasteiger partial charge in [-0.05, 0) is 38.9 Å². The average Bonchev–Trinajstić information content (AvgIpc) is 2.47. The fraction of sp³-hybridized carbons (Fsp3) is 0.200. The SMILES string of the molecule is CC(C)(C)c1ccc(-c2ccc(Br)c3ccccc23)cc1. The Morgan fingerprint density at radius 2 is 1.33 bits per heavy atom. The van der Waals surface area contributed by atoms with E-state index in [1.165, 1.54) is 27.5 Å². The third-order valence-corrected chi connectivity index (χ3v) is 4.62. The Balaban J connectivity index is 2.15. The zero-order valence-corrected chi connectivity index (χ0v) is 14.2. The summed E-state index contributed by atoms with van der Waals surface area (Å²) >= 11 is 3.64. The zero-order valence-electron chi connectivity index (χ0n) is 12.7. The maximum atomic E-state index is 3.64. The first-order chi connectivity index (χ1) is 9.97. The predicted molar refractivity (Wildman–Crippen MR) is 95.8 cm³/mol. The van der Waals surface area contributed by atoms with E-state index in [4.69, 9.17) is 0 Å². The summed E-state index contributed by atoms with van der Waals surface area (Å²) in [7, 11) is 0. The first kappa shape index (κ1) is 14.3. The molecule has 0 aliphatic carbocycles. The van der Waals surface area contributed by atoms with Crippen molar-refractivity contribution in [1.29, 1.82) is 0 Å². The first-order valence-corrected chi connectivity index (χ1v) is 8.04. The van der Waals surface area contributed by atoms with E-state index >= 15 is 0 Å². The Hall–Kier alpha value is -1.60. The molecule has 0 saturated carbocycles. The third kappa shape index (κ3) is 2.75. The van der Waals surface area contributed by atoms with E-state index in [0.717, 1.165) is 4.47 Å². The maximum absolute atomic E-state index is 3.64. The van der Waals surface area contributed by atoms with Gasteiger partial charge in [0.05, 0.1) is 0 Å². The molecule has 0 atom stereocenters. The minimum absolute atomic E-state index is 0.195. The highest BCUT2D eigenvalue weighted by molar-refractivity contribution is 9.10. The van der Waals surface area contributed by atoms with E-state index in [-0.39, 0.29) is 5.41 Å². The summed E-state index contributed by atoms with van der Waals surface area (Å²) in [5.41, 5.74) is 4.12. The second-order valence-corrected chi connectivity index (χ2v) is 7.32. The van der Waals surface area contributed by atoms with Gasteiger partial charge in [-0.1, -0.05) is 91.3 Å². The lowest BCUT2D eigenvalue weighted by molar-refractivity contribution is 0.590. The lowest BCUT2D eigenvalue weighted by Gasteiger charge is -2.19. The quantitative estimate of drug-likeness (QED) is 0.470. The minimum atomic E-state index is 0.195. The molecule has 0 unspecified atom stereocenters. The monoisotopic (exact) mass is 338 g/mol. The van der Waals surface area contributed by atoms with Crippen molar-refractivity contribution >= 4 is 26.7 Å². The van der Waals surface area contributed by atoms with Crippen LogP contribution in [-0.2, 0) is 5.41 Å². The van der Waals surface area contributed by atoms with Crippen LogP contribution in [0.15, 0.2) is 65.1 Å². The van der Waals surface area contributed by atoms with Crippen molar-refractivity contribution in [1.82, 2.24) is 0 Å². The molecule has 3 rings (SSSR count). The average molecular weight is 339 g/mol. The van der Waals surface area contributed by atoms with E-state index in [2.05, 4.69) is 97.4 Å². The molecule has 3 aromatic rings. The fourth-order valence-corrected chi connectivity index (χ4v) is 3.14. The Bertz CT molecular complexity index is 777. The van der Waals surface area contributed by atoms with Gasteiger partial charge in [-0.3, -0.25) is 0 Å². The number of hydrogen-bond donors (Lipinski definition) is 0. The van der Waals surface area contributed by atoms with Gasteiger partial charge in [-0.2, -0.15) is 0 Å². The van der Waals surface area contributed by atoms with Crippen LogP contribution in [0.25, 0.3) is 21.9 Å². The molecule has 0 radical (unpaired) electrons. The van der Waals surface area contributed by atoms with Gasteiger partial charge in [0.1, 0.15) is 0 Å². The standard InChI is InChI=1S/C20H19Br/c1-20(2,3)15-10-8-14(9-11-15)16-12-13-19(21)18-7-5-4-6-17(16)18/h4-13H,1-3H3. The molecule has 3 aromatic carbocycles. The molecule has 106 valence electrons. The highest BCUT2D eigenvalue weighted by Gasteiger charge is 2.13. The van der Waals surface area contributed by atoms with E-state index < -0.39 is 0 Å². The highest BCUT2D eigenvalue weighted by Crippen LogP contribution is 2.34. The van der Waals surface area contributed by atoms with Crippen molar-refractivity contribution < 1.29 is 0 Å². The number of rotatable bonds is 1. The Morgan fingerprint density at radius 3 is 1.95 bits per heavy atom.